The van der Waals surface area contributed by atoms with E-state index in [0.29, 0.717) is 13.1 Å². The molecule has 0 atom stereocenters. The summed E-state index contributed by atoms with van der Waals surface area (Å²) >= 11 is 0. The Balaban J connectivity index is 2.16. The maximum atomic E-state index is 9.92. The van der Waals surface area contributed by atoms with E-state index in [9.17, 15) is 5.11 Å². The molecular formula is C11H17N3O. The molecule has 1 fully saturated rings. The second-order valence-corrected chi connectivity index (χ2v) is 4.35. The lowest BCUT2D eigenvalue weighted by atomic mass is 9.91. The van der Waals surface area contributed by atoms with Gasteiger partial charge in [-0.25, -0.2) is 4.98 Å². The normalized spacial score (nSPS) is 18.8. The van der Waals surface area contributed by atoms with Crippen LogP contribution >= 0.6 is 0 Å². The Morgan fingerprint density at radius 3 is 2.73 bits per heavy atom. The highest BCUT2D eigenvalue weighted by Crippen LogP contribution is 2.29. The van der Waals surface area contributed by atoms with Gasteiger partial charge in [0.05, 0.1) is 30.1 Å². The van der Waals surface area contributed by atoms with Crippen LogP contribution in [0.3, 0.4) is 0 Å². The molecule has 0 radical (unpaired) electrons. The van der Waals surface area contributed by atoms with Gasteiger partial charge < -0.3 is 10.0 Å². The Morgan fingerprint density at radius 2 is 2.13 bits per heavy atom. The average Bonchev–Trinajstić information content (AvgIpc) is 2.17. The van der Waals surface area contributed by atoms with Gasteiger partial charge in [-0.3, -0.25) is 4.98 Å². The average molecular weight is 207 g/mol. The van der Waals surface area contributed by atoms with E-state index in [-0.39, 0.29) is 0 Å². The largest absolute Gasteiger partial charge is 0.386 e. The highest BCUT2D eigenvalue weighted by atomic mass is 16.3. The monoisotopic (exact) mass is 207 g/mol. The van der Waals surface area contributed by atoms with Crippen molar-refractivity contribution < 1.29 is 5.11 Å². The Bertz CT molecular complexity index is 372. The van der Waals surface area contributed by atoms with Crippen molar-refractivity contribution in [3.63, 3.8) is 0 Å². The molecule has 1 aliphatic rings. The summed E-state index contributed by atoms with van der Waals surface area (Å²) in [6.45, 7) is 7.23. The molecule has 15 heavy (non-hydrogen) atoms. The van der Waals surface area contributed by atoms with Gasteiger partial charge in [0.15, 0.2) is 5.82 Å². The SMILES string of the molecule is CCC1(O)CN(c2nc(C)cnc2C)C1. The number of hydrogen-bond donors (Lipinski definition) is 1. The molecule has 0 amide bonds. The molecule has 1 aromatic rings. The molecule has 0 bridgehead atoms. The predicted octanol–water partition coefficient (Wildman–Crippen LogP) is 1.05. The van der Waals surface area contributed by atoms with E-state index in [1.165, 1.54) is 0 Å². The third-order valence-electron chi connectivity index (χ3n) is 2.98. The van der Waals surface area contributed by atoms with Gasteiger partial charge in [-0.15, -0.1) is 0 Å². The molecule has 1 saturated heterocycles. The van der Waals surface area contributed by atoms with Crippen LogP contribution in [0.2, 0.25) is 0 Å². The number of anilines is 1. The fourth-order valence-corrected chi connectivity index (χ4v) is 1.86. The van der Waals surface area contributed by atoms with E-state index in [1.807, 2.05) is 20.8 Å². The zero-order valence-electron chi connectivity index (χ0n) is 9.49. The number of β-amino-alcohol motifs (C(OH)–C–C–N with tert-alkyl or cyclic N) is 1. The summed E-state index contributed by atoms with van der Waals surface area (Å²) in [6, 6.07) is 0. The number of aliphatic hydroxyl groups is 1. The second kappa shape index (κ2) is 3.45. The van der Waals surface area contributed by atoms with E-state index < -0.39 is 5.60 Å². The van der Waals surface area contributed by atoms with Gasteiger partial charge in [0, 0.05) is 6.20 Å². The Morgan fingerprint density at radius 1 is 1.47 bits per heavy atom. The van der Waals surface area contributed by atoms with Crippen LogP contribution in [0.25, 0.3) is 0 Å². The van der Waals surface area contributed by atoms with Crippen molar-refractivity contribution in [2.24, 2.45) is 0 Å². The lowest BCUT2D eigenvalue weighted by Gasteiger charge is -2.47. The van der Waals surface area contributed by atoms with Crippen LogP contribution in [0, 0.1) is 13.8 Å². The van der Waals surface area contributed by atoms with Gasteiger partial charge in [0.25, 0.3) is 0 Å². The minimum absolute atomic E-state index is 0.516. The topological polar surface area (TPSA) is 49.2 Å². The Kier molecular flexibility index (Phi) is 2.38. The first-order valence-electron chi connectivity index (χ1n) is 5.32. The zero-order valence-corrected chi connectivity index (χ0v) is 9.49. The minimum Gasteiger partial charge on any atom is -0.386 e. The van der Waals surface area contributed by atoms with Gasteiger partial charge in [-0.2, -0.15) is 0 Å². The highest BCUT2D eigenvalue weighted by molar-refractivity contribution is 5.47. The standard InChI is InChI=1S/C11H17N3O/c1-4-11(15)6-14(7-11)10-9(3)12-5-8(2)13-10/h5,15H,4,6-7H2,1-3H3. The second-order valence-electron chi connectivity index (χ2n) is 4.35. The van der Waals surface area contributed by atoms with Crippen LogP contribution in [0.5, 0.6) is 0 Å². The molecule has 2 heterocycles. The van der Waals surface area contributed by atoms with Gasteiger partial charge in [-0.05, 0) is 20.3 Å². The van der Waals surface area contributed by atoms with Crippen molar-refractivity contribution in [2.75, 3.05) is 18.0 Å². The van der Waals surface area contributed by atoms with Crippen LogP contribution in [0.1, 0.15) is 24.7 Å². The lowest BCUT2D eigenvalue weighted by Crippen LogP contribution is -2.62. The van der Waals surface area contributed by atoms with Crippen molar-refractivity contribution in [3.8, 4) is 0 Å². The Hall–Kier alpha value is -1.16. The van der Waals surface area contributed by atoms with Crippen LogP contribution < -0.4 is 4.90 Å². The summed E-state index contributed by atoms with van der Waals surface area (Å²) in [7, 11) is 0. The molecule has 4 heteroatoms. The van der Waals surface area contributed by atoms with E-state index >= 15 is 0 Å². The number of hydrogen-bond acceptors (Lipinski definition) is 4. The molecule has 0 saturated carbocycles. The zero-order chi connectivity index (χ0) is 11.1. The van der Waals surface area contributed by atoms with Gasteiger partial charge in [-0.1, -0.05) is 6.92 Å². The number of rotatable bonds is 2. The van der Waals surface area contributed by atoms with Crippen LogP contribution in [-0.4, -0.2) is 33.8 Å². The Labute approximate surface area is 90.0 Å². The van der Waals surface area contributed by atoms with Gasteiger partial charge in [0.1, 0.15) is 0 Å². The molecule has 2 rings (SSSR count). The maximum absolute atomic E-state index is 9.92. The van der Waals surface area contributed by atoms with Crippen molar-refractivity contribution >= 4 is 5.82 Å². The predicted molar refractivity (Wildman–Crippen MR) is 59.0 cm³/mol. The van der Waals surface area contributed by atoms with E-state index in [2.05, 4.69) is 14.9 Å². The first-order chi connectivity index (χ1) is 7.04. The third kappa shape index (κ3) is 1.81. The molecule has 0 unspecified atom stereocenters. The van der Waals surface area contributed by atoms with Crippen molar-refractivity contribution in [3.05, 3.63) is 17.6 Å². The number of aromatic nitrogens is 2. The van der Waals surface area contributed by atoms with Gasteiger partial charge >= 0.3 is 0 Å². The molecule has 1 aromatic heterocycles. The van der Waals surface area contributed by atoms with Crippen molar-refractivity contribution in [1.29, 1.82) is 0 Å². The summed E-state index contributed by atoms with van der Waals surface area (Å²) in [5.41, 5.74) is 1.33. The summed E-state index contributed by atoms with van der Waals surface area (Å²) < 4.78 is 0. The maximum Gasteiger partial charge on any atom is 0.150 e. The number of nitrogens with zero attached hydrogens (tertiary/aromatic N) is 3. The van der Waals surface area contributed by atoms with E-state index in [0.717, 1.165) is 23.6 Å². The molecular weight excluding hydrogens is 190 g/mol. The summed E-state index contributed by atoms with van der Waals surface area (Å²) in [5, 5.41) is 9.92. The molecule has 0 spiro atoms. The first-order valence-corrected chi connectivity index (χ1v) is 5.32. The lowest BCUT2D eigenvalue weighted by molar-refractivity contribution is 0.00794. The summed E-state index contributed by atoms with van der Waals surface area (Å²) in [5.74, 6) is 0.910. The molecule has 4 nitrogen and oxygen atoms in total. The highest BCUT2D eigenvalue weighted by Gasteiger charge is 2.40. The van der Waals surface area contributed by atoms with E-state index in [1.54, 1.807) is 6.20 Å². The van der Waals surface area contributed by atoms with Crippen LogP contribution in [-0.2, 0) is 0 Å². The summed E-state index contributed by atoms with van der Waals surface area (Å²) in [6.07, 6.45) is 2.56. The van der Waals surface area contributed by atoms with Gasteiger partial charge in [0.2, 0.25) is 0 Å². The molecule has 0 aromatic carbocycles. The fraction of sp³-hybridized carbons (Fsp3) is 0.636. The van der Waals surface area contributed by atoms with Crippen molar-refractivity contribution in [2.45, 2.75) is 32.8 Å². The first kappa shape index (κ1) is 10.4. The van der Waals surface area contributed by atoms with Crippen LogP contribution in [0.4, 0.5) is 5.82 Å². The smallest absolute Gasteiger partial charge is 0.150 e. The molecule has 0 aliphatic carbocycles. The molecule has 82 valence electrons. The third-order valence-corrected chi connectivity index (χ3v) is 2.98. The van der Waals surface area contributed by atoms with Crippen molar-refractivity contribution in [1.82, 2.24) is 9.97 Å². The van der Waals surface area contributed by atoms with E-state index in [4.69, 9.17) is 0 Å². The summed E-state index contributed by atoms with van der Waals surface area (Å²) in [4.78, 5) is 10.8. The van der Waals surface area contributed by atoms with Crippen LogP contribution in [0.15, 0.2) is 6.20 Å². The molecule has 1 aliphatic heterocycles. The minimum atomic E-state index is -0.516. The number of aryl methyl sites for hydroxylation is 2. The fourth-order valence-electron chi connectivity index (χ4n) is 1.86. The quantitative estimate of drug-likeness (QED) is 0.787. The molecule has 1 N–H and O–H groups in total.